The van der Waals surface area contributed by atoms with Crippen molar-refractivity contribution in [1.82, 2.24) is 4.98 Å². The highest BCUT2D eigenvalue weighted by Crippen LogP contribution is 2.48. The zero-order chi connectivity index (χ0) is 28.9. The minimum atomic E-state index is -5.18. The summed E-state index contributed by atoms with van der Waals surface area (Å²) < 4.78 is 68.3. The lowest BCUT2D eigenvalue weighted by molar-refractivity contribution is -0.270. The van der Waals surface area contributed by atoms with Gasteiger partial charge >= 0.3 is 6.18 Å². The van der Waals surface area contributed by atoms with Crippen LogP contribution in [0.2, 0.25) is 0 Å². The quantitative estimate of drug-likeness (QED) is 0.254. The molecule has 40 heavy (non-hydrogen) atoms. The largest absolute Gasteiger partial charge is 0.496 e. The summed E-state index contributed by atoms with van der Waals surface area (Å²) in [4.78, 5) is 17.2. The fourth-order valence-corrected chi connectivity index (χ4v) is 4.99. The first kappa shape index (κ1) is 28.0. The number of pyridine rings is 1. The van der Waals surface area contributed by atoms with Crippen LogP contribution in [0.1, 0.15) is 59.8 Å². The molecule has 0 saturated heterocycles. The van der Waals surface area contributed by atoms with Crippen molar-refractivity contribution in [2.45, 2.75) is 56.3 Å². The van der Waals surface area contributed by atoms with Gasteiger partial charge in [-0.15, -0.1) is 0 Å². The average molecular weight is 559 g/mol. The van der Waals surface area contributed by atoms with Crippen LogP contribution < -0.4 is 15.2 Å². The standard InChI is InChI=1S/C30H30F4N2O4/c1-28(35)16-40-27-22(28)15-25(36-26(27)18-7-9-21(31)10-8-18)29(38,30(32,33)34)12-11-23(37)19-5-6-20(13-17-3-4-17)24(14-19)39-2/h5-10,14-15,17,38H,3-4,11-13,16,35H2,1-2H3. The van der Waals surface area contributed by atoms with E-state index < -0.39 is 47.5 Å². The van der Waals surface area contributed by atoms with Gasteiger partial charge in [-0.2, -0.15) is 13.2 Å². The molecule has 0 bridgehead atoms. The summed E-state index contributed by atoms with van der Waals surface area (Å²) in [6, 6.07) is 11.0. The molecule has 2 aliphatic rings. The zero-order valence-electron chi connectivity index (χ0n) is 22.1. The Bertz CT molecular complexity index is 1430. The second-order valence-electron chi connectivity index (χ2n) is 10.9. The van der Waals surface area contributed by atoms with Crippen molar-refractivity contribution < 1.29 is 36.9 Å². The lowest BCUT2D eigenvalue weighted by Gasteiger charge is -2.31. The number of fused-ring (bicyclic) bond motifs is 1. The molecular weight excluding hydrogens is 528 g/mol. The number of aromatic nitrogens is 1. The SMILES string of the molecule is COc1cc(C(=O)CCC(O)(c2cc3c(c(-c4ccc(F)cc4)n2)OCC3(C)N)C(F)(F)F)ccc1CC1CC1. The van der Waals surface area contributed by atoms with Crippen LogP contribution >= 0.6 is 0 Å². The van der Waals surface area contributed by atoms with E-state index in [0.29, 0.717) is 11.7 Å². The van der Waals surface area contributed by atoms with Crippen molar-refractivity contribution >= 4 is 5.78 Å². The summed E-state index contributed by atoms with van der Waals surface area (Å²) in [5.41, 5.74) is 2.60. The maximum atomic E-state index is 14.5. The predicted molar refractivity (Wildman–Crippen MR) is 140 cm³/mol. The Hall–Kier alpha value is -3.50. The van der Waals surface area contributed by atoms with Crippen LogP contribution in [0.3, 0.4) is 0 Å². The van der Waals surface area contributed by atoms with E-state index in [9.17, 15) is 27.5 Å². The number of nitrogens with zero attached hydrogens (tertiary/aromatic N) is 1. The summed E-state index contributed by atoms with van der Waals surface area (Å²) in [6.07, 6.45) is -3.68. The van der Waals surface area contributed by atoms with E-state index >= 15 is 0 Å². The number of hydrogen-bond donors (Lipinski definition) is 2. The smallest absolute Gasteiger partial charge is 0.422 e. The second kappa shape index (κ2) is 10.2. The van der Waals surface area contributed by atoms with Crippen molar-refractivity contribution in [1.29, 1.82) is 0 Å². The zero-order valence-corrected chi connectivity index (χ0v) is 22.1. The van der Waals surface area contributed by atoms with Crippen molar-refractivity contribution in [2.75, 3.05) is 13.7 Å². The summed E-state index contributed by atoms with van der Waals surface area (Å²) in [6.45, 7) is 1.57. The molecule has 212 valence electrons. The molecule has 5 rings (SSSR count). The number of hydrogen-bond acceptors (Lipinski definition) is 6. The van der Waals surface area contributed by atoms with Gasteiger partial charge in [0.1, 0.15) is 23.9 Å². The maximum absolute atomic E-state index is 14.5. The van der Waals surface area contributed by atoms with Gasteiger partial charge in [-0.3, -0.25) is 4.79 Å². The number of Topliss-reactive ketones (excluding diaryl/α,β-unsaturated/α-hetero) is 1. The van der Waals surface area contributed by atoms with Crippen molar-refractivity contribution in [2.24, 2.45) is 11.7 Å². The van der Waals surface area contributed by atoms with Gasteiger partial charge in [-0.25, -0.2) is 9.37 Å². The van der Waals surface area contributed by atoms with Crippen LogP contribution in [0.4, 0.5) is 17.6 Å². The van der Waals surface area contributed by atoms with Gasteiger partial charge in [0.2, 0.25) is 5.60 Å². The molecule has 1 saturated carbocycles. The van der Waals surface area contributed by atoms with E-state index in [1.807, 2.05) is 0 Å². The Morgan fingerprint density at radius 3 is 2.50 bits per heavy atom. The van der Waals surface area contributed by atoms with Crippen LogP contribution in [0.25, 0.3) is 11.3 Å². The molecule has 10 heteroatoms. The highest BCUT2D eigenvalue weighted by Gasteiger charge is 2.56. The number of nitrogens with two attached hydrogens (primary N) is 1. The highest BCUT2D eigenvalue weighted by molar-refractivity contribution is 5.96. The summed E-state index contributed by atoms with van der Waals surface area (Å²) in [5.74, 6) is 0.141. The lowest BCUT2D eigenvalue weighted by Crippen LogP contribution is -2.44. The third kappa shape index (κ3) is 5.30. The van der Waals surface area contributed by atoms with E-state index in [4.69, 9.17) is 15.2 Å². The summed E-state index contributed by atoms with van der Waals surface area (Å²) >= 11 is 0. The molecule has 1 aliphatic heterocycles. The molecule has 2 atom stereocenters. The third-order valence-electron chi connectivity index (χ3n) is 7.64. The van der Waals surface area contributed by atoms with Gasteiger partial charge in [0.25, 0.3) is 0 Å². The fraction of sp³-hybridized carbons (Fsp3) is 0.400. The Morgan fingerprint density at radius 2 is 1.88 bits per heavy atom. The minimum absolute atomic E-state index is 0.00772. The van der Waals surface area contributed by atoms with E-state index in [2.05, 4.69) is 4.98 Å². The van der Waals surface area contributed by atoms with Crippen molar-refractivity contribution in [3.63, 3.8) is 0 Å². The molecule has 0 radical (unpaired) electrons. The molecule has 0 spiro atoms. The number of benzene rings is 2. The van der Waals surface area contributed by atoms with Gasteiger partial charge in [-0.05, 0) is 80.5 Å². The monoisotopic (exact) mass is 558 g/mol. The minimum Gasteiger partial charge on any atom is -0.496 e. The summed E-state index contributed by atoms with van der Waals surface area (Å²) in [5, 5.41) is 11.2. The molecule has 1 fully saturated rings. The molecule has 3 aromatic rings. The van der Waals surface area contributed by atoms with Gasteiger partial charge in [0.05, 0.1) is 18.3 Å². The number of alkyl halides is 3. The number of ketones is 1. The third-order valence-corrected chi connectivity index (χ3v) is 7.64. The number of ether oxygens (including phenoxy) is 2. The van der Waals surface area contributed by atoms with E-state index in [1.54, 1.807) is 19.1 Å². The topological polar surface area (TPSA) is 94.7 Å². The first-order valence-electron chi connectivity index (χ1n) is 13.1. The van der Waals surface area contributed by atoms with Crippen LogP contribution in [0.5, 0.6) is 11.5 Å². The number of carbonyl (C=O) groups is 1. The first-order valence-corrected chi connectivity index (χ1v) is 13.1. The number of rotatable bonds is 9. The van der Waals surface area contributed by atoms with E-state index in [0.717, 1.165) is 43.0 Å². The molecular formula is C30H30F4N2O4. The molecule has 2 heterocycles. The van der Waals surface area contributed by atoms with Crippen molar-refractivity contribution in [3.05, 3.63) is 76.7 Å². The van der Waals surface area contributed by atoms with Crippen LogP contribution in [0, 0.1) is 11.7 Å². The number of methoxy groups -OCH3 is 1. The van der Waals surface area contributed by atoms with E-state index in [1.165, 1.54) is 25.3 Å². The summed E-state index contributed by atoms with van der Waals surface area (Å²) in [7, 11) is 1.48. The van der Waals surface area contributed by atoms with Crippen LogP contribution in [-0.4, -0.2) is 35.8 Å². The molecule has 2 aromatic carbocycles. The average Bonchev–Trinajstić information content (AvgIpc) is 3.68. The predicted octanol–water partition coefficient (Wildman–Crippen LogP) is 5.83. The first-order chi connectivity index (χ1) is 18.8. The molecule has 0 amide bonds. The van der Waals surface area contributed by atoms with Gasteiger partial charge in [0, 0.05) is 23.1 Å². The van der Waals surface area contributed by atoms with Crippen molar-refractivity contribution in [3.8, 4) is 22.8 Å². The maximum Gasteiger partial charge on any atom is 0.422 e. The van der Waals surface area contributed by atoms with Gasteiger partial charge < -0.3 is 20.3 Å². The van der Waals surface area contributed by atoms with E-state index in [-0.39, 0.29) is 34.7 Å². The normalized spacial score (nSPS) is 20.0. The van der Waals surface area contributed by atoms with Crippen LogP contribution in [-0.2, 0) is 17.6 Å². The molecule has 2 unspecified atom stereocenters. The molecule has 1 aliphatic carbocycles. The van der Waals surface area contributed by atoms with Gasteiger partial charge in [-0.1, -0.05) is 12.1 Å². The number of carbonyl (C=O) groups excluding carboxylic acids is 1. The molecule has 6 nitrogen and oxygen atoms in total. The molecule has 1 aromatic heterocycles. The van der Waals surface area contributed by atoms with Crippen LogP contribution in [0.15, 0.2) is 48.5 Å². The Kier molecular flexibility index (Phi) is 7.12. The van der Waals surface area contributed by atoms with Gasteiger partial charge in [0.15, 0.2) is 11.5 Å². The lowest BCUT2D eigenvalue weighted by atomic mass is 9.86. The highest BCUT2D eigenvalue weighted by atomic mass is 19.4. The number of halogens is 4. The fourth-order valence-electron chi connectivity index (χ4n) is 4.99. The Morgan fingerprint density at radius 1 is 1.18 bits per heavy atom. The number of aliphatic hydroxyl groups is 1. The Balaban J connectivity index is 1.49. The molecule has 3 N–H and O–H groups in total. The Labute approximate surface area is 229 Å². The second-order valence-corrected chi connectivity index (χ2v) is 10.9.